The van der Waals surface area contributed by atoms with Crippen LogP contribution in [0.25, 0.3) is 0 Å². The van der Waals surface area contributed by atoms with Crippen LogP contribution in [0.15, 0.2) is 71.6 Å². The van der Waals surface area contributed by atoms with Gasteiger partial charge in [0.1, 0.15) is 12.4 Å². The van der Waals surface area contributed by atoms with Gasteiger partial charge in [-0.2, -0.15) is 0 Å². The summed E-state index contributed by atoms with van der Waals surface area (Å²) in [6.07, 6.45) is 0. The van der Waals surface area contributed by atoms with E-state index in [1.807, 2.05) is 0 Å². The number of para-hydroxylation sites is 2. The summed E-state index contributed by atoms with van der Waals surface area (Å²) >= 11 is 12.2. The lowest BCUT2D eigenvalue weighted by Crippen LogP contribution is -2.27. The molecule has 3 rings (SSSR count). The number of anilines is 1. The van der Waals surface area contributed by atoms with E-state index in [0.29, 0.717) is 27.0 Å². The lowest BCUT2D eigenvalue weighted by Gasteiger charge is -2.21. The SMILES string of the molecule is COc1ccccc1N(C)S(=O)(=O)c1ccc(C(=O)OCc2c(Cl)cccc2Cl)cc1. The molecule has 0 aliphatic carbocycles. The Morgan fingerprint density at radius 3 is 2.16 bits per heavy atom. The fourth-order valence-electron chi connectivity index (χ4n) is 2.83. The number of nitrogens with zero attached hydrogens (tertiary/aromatic N) is 1. The molecule has 3 aromatic rings. The molecule has 0 atom stereocenters. The lowest BCUT2D eigenvalue weighted by atomic mass is 10.2. The fraction of sp³-hybridized carbons (Fsp3) is 0.136. The number of halogens is 2. The molecule has 0 spiro atoms. The molecule has 0 radical (unpaired) electrons. The Labute approximate surface area is 191 Å². The average Bonchev–Trinajstić information content (AvgIpc) is 2.78. The van der Waals surface area contributed by atoms with Gasteiger partial charge in [0.2, 0.25) is 0 Å². The molecule has 6 nitrogen and oxygen atoms in total. The summed E-state index contributed by atoms with van der Waals surface area (Å²) in [5, 5.41) is 0.780. The maximum atomic E-state index is 13.0. The van der Waals surface area contributed by atoms with Gasteiger partial charge in [-0.25, -0.2) is 13.2 Å². The van der Waals surface area contributed by atoms with Gasteiger partial charge in [0.25, 0.3) is 10.0 Å². The highest BCUT2D eigenvalue weighted by molar-refractivity contribution is 7.92. The number of methoxy groups -OCH3 is 1. The van der Waals surface area contributed by atoms with Gasteiger partial charge in [0.15, 0.2) is 0 Å². The molecule has 0 heterocycles. The first kappa shape index (κ1) is 22.9. The zero-order valence-electron chi connectivity index (χ0n) is 16.7. The maximum absolute atomic E-state index is 13.0. The van der Waals surface area contributed by atoms with Crippen molar-refractivity contribution in [1.82, 2.24) is 0 Å². The molecule has 0 unspecified atom stereocenters. The van der Waals surface area contributed by atoms with E-state index in [4.69, 9.17) is 32.7 Å². The van der Waals surface area contributed by atoms with Crippen molar-refractivity contribution in [2.75, 3.05) is 18.5 Å². The van der Waals surface area contributed by atoms with Crippen LogP contribution in [0.1, 0.15) is 15.9 Å². The minimum Gasteiger partial charge on any atom is -0.495 e. The molecular weight excluding hydrogens is 461 g/mol. The number of esters is 1. The number of carbonyl (C=O) groups is 1. The monoisotopic (exact) mass is 479 g/mol. The highest BCUT2D eigenvalue weighted by atomic mass is 35.5. The first-order valence-electron chi connectivity index (χ1n) is 9.07. The van der Waals surface area contributed by atoms with Crippen LogP contribution >= 0.6 is 23.2 Å². The molecule has 162 valence electrons. The molecule has 0 saturated carbocycles. The number of sulfonamides is 1. The van der Waals surface area contributed by atoms with Crippen LogP contribution in [0.5, 0.6) is 5.75 Å². The quantitative estimate of drug-likeness (QED) is 0.436. The van der Waals surface area contributed by atoms with Crippen molar-refractivity contribution >= 4 is 44.9 Å². The van der Waals surface area contributed by atoms with Crippen molar-refractivity contribution < 1.29 is 22.7 Å². The number of rotatable bonds is 7. The molecule has 0 N–H and O–H groups in total. The smallest absolute Gasteiger partial charge is 0.338 e. The third kappa shape index (κ3) is 4.95. The Morgan fingerprint density at radius 2 is 1.55 bits per heavy atom. The molecule has 9 heteroatoms. The first-order valence-corrected chi connectivity index (χ1v) is 11.3. The van der Waals surface area contributed by atoms with E-state index in [-0.39, 0.29) is 17.1 Å². The summed E-state index contributed by atoms with van der Waals surface area (Å²) < 4.78 is 37.6. The summed E-state index contributed by atoms with van der Waals surface area (Å²) in [6, 6.07) is 17.2. The molecule has 31 heavy (non-hydrogen) atoms. The second kappa shape index (κ2) is 9.60. The van der Waals surface area contributed by atoms with Gasteiger partial charge in [-0.05, 0) is 48.5 Å². The predicted octanol–water partition coefficient (Wildman–Crippen LogP) is 5.18. The number of hydrogen-bond donors (Lipinski definition) is 0. The summed E-state index contributed by atoms with van der Waals surface area (Å²) in [6.45, 7) is -0.103. The number of benzene rings is 3. The summed E-state index contributed by atoms with van der Waals surface area (Å²) in [5.74, 6) is -0.204. The minimum atomic E-state index is -3.87. The highest BCUT2D eigenvalue weighted by Gasteiger charge is 2.24. The normalized spacial score (nSPS) is 11.1. The van der Waals surface area contributed by atoms with E-state index >= 15 is 0 Å². The zero-order chi connectivity index (χ0) is 22.6. The summed E-state index contributed by atoms with van der Waals surface area (Å²) in [5.41, 5.74) is 1.09. The largest absolute Gasteiger partial charge is 0.495 e. The van der Waals surface area contributed by atoms with Gasteiger partial charge in [0, 0.05) is 22.7 Å². The molecule has 0 aliphatic heterocycles. The second-order valence-electron chi connectivity index (χ2n) is 6.45. The van der Waals surface area contributed by atoms with Crippen molar-refractivity contribution in [2.45, 2.75) is 11.5 Å². The highest BCUT2D eigenvalue weighted by Crippen LogP contribution is 2.31. The predicted molar refractivity (Wildman–Crippen MR) is 121 cm³/mol. The van der Waals surface area contributed by atoms with Crippen LogP contribution in [-0.2, 0) is 21.4 Å². The molecule has 0 aliphatic rings. The van der Waals surface area contributed by atoms with Crippen LogP contribution in [0.2, 0.25) is 10.0 Å². The van der Waals surface area contributed by atoms with Crippen molar-refractivity contribution in [3.05, 3.63) is 87.9 Å². The molecule has 3 aromatic carbocycles. The van der Waals surface area contributed by atoms with Gasteiger partial charge >= 0.3 is 5.97 Å². The van der Waals surface area contributed by atoms with Gasteiger partial charge in [-0.3, -0.25) is 4.31 Å². The van der Waals surface area contributed by atoms with E-state index in [1.165, 1.54) is 38.4 Å². The maximum Gasteiger partial charge on any atom is 0.338 e. The average molecular weight is 480 g/mol. The fourth-order valence-corrected chi connectivity index (χ4v) is 4.54. The Bertz CT molecular complexity index is 1180. The second-order valence-corrected chi connectivity index (χ2v) is 9.23. The molecule has 0 aromatic heterocycles. The Morgan fingerprint density at radius 1 is 0.935 bits per heavy atom. The van der Waals surface area contributed by atoms with E-state index in [2.05, 4.69) is 0 Å². The van der Waals surface area contributed by atoms with Gasteiger partial charge in [-0.1, -0.05) is 41.4 Å². The van der Waals surface area contributed by atoms with Gasteiger partial charge in [-0.15, -0.1) is 0 Å². The zero-order valence-corrected chi connectivity index (χ0v) is 19.0. The Kier molecular flexibility index (Phi) is 7.10. The van der Waals surface area contributed by atoms with E-state index < -0.39 is 16.0 Å². The molecule has 0 amide bonds. The topological polar surface area (TPSA) is 72.9 Å². The first-order chi connectivity index (χ1) is 14.8. The van der Waals surface area contributed by atoms with Crippen LogP contribution in [0, 0.1) is 0 Å². The Balaban J connectivity index is 1.76. The van der Waals surface area contributed by atoms with Crippen LogP contribution < -0.4 is 9.04 Å². The van der Waals surface area contributed by atoms with Crippen LogP contribution in [0.3, 0.4) is 0 Å². The van der Waals surface area contributed by atoms with E-state index in [1.54, 1.807) is 42.5 Å². The van der Waals surface area contributed by atoms with E-state index in [0.717, 1.165) is 4.31 Å². The number of carbonyl (C=O) groups excluding carboxylic acids is 1. The van der Waals surface area contributed by atoms with E-state index in [9.17, 15) is 13.2 Å². The third-order valence-corrected chi connectivity index (χ3v) is 7.08. The Hall–Kier alpha value is -2.74. The minimum absolute atomic E-state index is 0.0200. The van der Waals surface area contributed by atoms with Gasteiger partial charge < -0.3 is 9.47 Å². The standard InChI is InChI=1S/C22H19Cl2NO5S/c1-25(20-8-3-4-9-21(20)29-2)31(27,28)16-12-10-15(11-13-16)22(26)30-14-17-18(23)6-5-7-19(17)24/h3-13H,14H2,1-2H3. The van der Waals surface area contributed by atoms with Crippen molar-refractivity contribution in [3.8, 4) is 5.75 Å². The van der Waals surface area contributed by atoms with Crippen molar-refractivity contribution in [3.63, 3.8) is 0 Å². The van der Waals surface area contributed by atoms with Crippen molar-refractivity contribution in [2.24, 2.45) is 0 Å². The third-order valence-electron chi connectivity index (χ3n) is 4.58. The van der Waals surface area contributed by atoms with Crippen LogP contribution in [0.4, 0.5) is 5.69 Å². The molecule has 0 saturated heterocycles. The lowest BCUT2D eigenvalue weighted by molar-refractivity contribution is 0.0473. The summed E-state index contributed by atoms with van der Waals surface area (Å²) in [4.78, 5) is 12.4. The summed E-state index contributed by atoms with van der Waals surface area (Å²) in [7, 11) is -0.966. The number of hydrogen-bond acceptors (Lipinski definition) is 5. The van der Waals surface area contributed by atoms with Crippen LogP contribution in [-0.4, -0.2) is 28.5 Å². The number of ether oxygens (including phenoxy) is 2. The molecule has 0 bridgehead atoms. The molecule has 0 fully saturated rings. The van der Waals surface area contributed by atoms with Gasteiger partial charge in [0.05, 0.1) is 23.3 Å². The molecular formula is C22H19Cl2NO5S. The van der Waals surface area contributed by atoms with Crippen molar-refractivity contribution in [1.29, 1.82) is 0 Å².